The maximum absolute atomic E-state index is 12.0. The summed E-state index contributed by atoms with van der Waals surface area (Å²) in [6.45, 7) is 1.91. The summed E-state index contributed by atoms with van der Waals surface area (Å²) >= 11 is 0. The number of nitrogens with two attached hydrogens (primary N) is 1. The lowest BCUT2D eigenvalue weighted by Crippen LogP contribution is -2.17. The molecule has 1 aromatic heterocycles. The number of nitrogens with zero attached hydrogens (tertiary/aromatic N) is 1. The first kappa shape index (κ1) is 13.8. The van der Waals surface area contributed by atoms with Crippen molar-refractivity contribution in [2.75, 3.05) is 11.1 Å². The lowest BCUT2D eigenvalue weighted by atomic mass is 9.96. The van der Waals surface area contributed by atoms with Crippen LogP contribution in [0.5, 0.6) is 0 Å². The van der Waals surface area contributed by atoms with Crippen molar-refractivity contribution in [1.82, 2.24) is 4.98 Å². The highest BCUT2D eigenvalue weighted by Crippen LogP contribution is 2.25. The molecular formula is C15H23N3O. The van der Waals surface area contributed by atoms with Gasteiger partial charge in [-0.05, 0) is 37.3 Å². The maximum Gasteiger partial charge on any atom is 0.225 e. The van der Waals surface area contributed by atoms with Gasteiger partial charge in [-0.1, -0.05) is 25.7 Å². The van der Waals surface area contributed by atoms with E-state index in [0.717, 1.165) is 5.56 Å². The highest BCUT2D eigenvalue weighted by molar-refractivity contribution is 5.90. The Morgan fingerprint density at radius 3 is 2.68 bits per heavy atom. The second-order valence-corrected chi connectivity index (χ2v) is 5.54. The largest absolute Gasteiger partial charge is 0.397 e. The molecule has 1 aliphatic carbocycles. The van der Waals surface area contributed by atoms with Gasteiger partial charge < -0.3 is 11.1 Å². The molecule has 19 heavy (non-hydrogen) atoms. The molecule has 0 atom stereocenters. The molecule has 4 heteroatoms. The Bertz CT molecular complexity index is 437. The van der Waals surface area contributed by atoms with Crippen LogP contribution in [0.15, 0.2) is 12.3 Å². The first-order valence-corrected chi connectivity index (χ1v) is 7.17. The summed E-state index contributed by atoms with van der Waals surface area (Å²) < 4.78 is 0. The molecule has 1 aliphatic rings. The maximum atomic E-state index is 12.0. The summed E-state index contributed by atoms with van der Waals surface area (Å²) in [5, 5.41) is 2.87. The van der Waals surface area contributed by atoms with Crippen LogP contribution in [-0.2, 0) is 4.79 Å². The molecular weight excluding hydrogens is 238 g/mol. The van der Waals surface area contributed by atoms with Gasteiger partial charge in [0.2, 0.25) is 5.91 Å². The van der Waals surface area contributed by atoms with Gasteiger partial charge in [0.05, 0.1) is 11.9 Å². The van der Waals surface area contributed by atoms with Crippen LogP contribution in [0.25, 0.3) is 0 Å². The number of aryl methyl sites for hydroxylation is 1. The number of rotatable bonds is 3. The number of amides is 1. The van der Waals surface area contributed by atoms with Crippen LogP contribution in [0.4, 0.5) is 11.5 Å². The van der Waals surface area contributed by atoms with E-state index in [-0.39, 0.29) is 5.91 Å². The van der Waals surface area contributed by atoms with Crippen molar-refractivity contribution in [3.05, 3.63) is 17.8 Å². The van der Waals surface area contributed by atoms with Crippen molar-refractivity contribution in [3.63, 3.8) is 0 Å². The predicted octanol–water partition coefficient (Wildman–Crippen LogP) is 3.27. The van der Waals surface area contributed by atoms with Gasteiger partial charge >= 0.3 is 0 Å². The Morgan fingerprint density at radius 1 is 1.37 bits per heavy atom. The van der Waals surface area contributed by atoms with Crippen LogP contribution >= 0.6 is 0 Å². The zero-order valence-corrected chi connectivity index (χ0v) is 11.6. The van der Waals surface area contributed by atoms with Crippen LogP contribution in [-0.4, -0.2) is 10.9 Å². The zero-order valence-electron chi connectivity index (χ0n) is 11.6. The van der Waals surface area contributed by atoms with E-state index in [1.54, 1.807) is 6.20 Å². The van der Waals surface area contributed by atoms with E-state index >= 15 is 0 Å². The monoisotopic (exact) mass is 261 g/mol. The molecule has 1 fully saturated rings. The second-order valence-electron chi connectivity index (χ2n) is 5.54. The molecule has 2 rings (SSSR count). The minimum atomic E-state index is 0.0728. The molecule has 4 nitrogen and oxygen atoms in total. The number of hydrogen-bond acceptors (Lipinski definition) is 3. The summed E-state index contributed by atoms with van der Waals surface area (Å²) in [5.41, 5.74) is 7.31. The Kier molecular flexibility index (Phi) is 4.77. The summed E-state index contributed by atoms with van der Waals surface area (Å²) in [7, 11) is 0. The Hall–Kier alpha value is -1.58. The van der Waals surface area contributed by atoms with Crippen LogP contribution in [0.3, 0.4) is 0 Å². The number of nitrogen functional groups attached to an aromatic ring is 1. The smallest absolute Gasteiger partial charge is 0.225 e. The first-order chi connectivity index (χ1) is 9.15. The lowest BCUT2D eigenvalue weighted by molar-refractivity contribution is -0.117. The number of aromatic nitrogens is 1. The molecule has 0 saturated heterocycles. The van der Waals surface area contributed by atoms with E-state index in [2.05, 4.69) is 10.3 Å². The summed E-state index contributed by atoms with van der Waals surface area (Å²) in [6, 6.07) is 1.82. The molecule has 104 valence electrons. The van der Waals surface area contributed by atoms with Crippen LogP contribution in [0.1, 0.15) is 50.5 Å². The van der Waals surface area contributed by atoms with Crippen molar-refractivity contribution in [2.24, 2.45) is 5.92 Å². The van der Waals surface area contributed by atoms with E-state index in [0.29, 0.717) is 23.8 Å². The molecule has 0 unspecified atom stereocenters. The van der Waals surface area contributed by atoms with E-state index in [1.165, 1.54) is 38.5 Å². The molecule has 0 bridgehead atoms. The topological polar surface area (TPSA) is 68.0 Å². The van der Waals surface area contributed by atoms with Crippen LogP contribution in [0, 0.1) is 12.8 Å². The van der Waals surface area contributed by atoms with Crippen molar-refractivity contribution < 1.29 is 4.79 Å². The Labute approximate surface area is 114 Å². The first-order valence-electron chi connectivity index (χ1n) is 7.17. The molecule has 0 radical (unpaired) electrons. The van der Waals surface area contributed by atoms with Gasteiger partial charge in [0.15, 0.2) is 0 Å². The quantitative estimate of drug-likeness (QED) is 0.820. The number of pyridine rings is 1. The fourth-order valence-corrected chi connectivity index (χ4v) is 2.66. The minimum Gasteiger partial charge on any atom is -0.397 e. The summed E-state index contributed by atoms with van der Waals surface area (Å²) in [4.78, 5) is 16.1. The minimum absolute atomic E-state index is 0.0728. The van der Waals surface area contributed by atoms with Gasteiger partial charge in [0.1, 0.15) is 5.82 Å². The van der Waals surface area contributed by atoms with Gasteiger partial charge in [-0.2, -0.15) is 0 Å². The molecule has 0 aromatic carbocycles. The normalized spacial score (nSPS) is 16.9. The van der Waals surface area contributed by atoms with Crippen molar-refractivity contribution >= 4 is 17.4 Å². The Morgan fingerprint density at radius 2 is 2.05 bits per heavy atom. The average Bonchev–Trinajstić information content (AvgIpc) is 2.62. The fourth-order valence-electron chi connectivity index (χ4n) is 2.66. The van der Waals surface area contributed by atoms with E-state index in [4.69, 9.17) is 5.73 Å². The molecule has 1 saturated carbocycles. The van der Waals surface area contributed by atoms with Crippen LogP contribution in [0.2, 0.25) is 0 Å². The van der Waals surface area contributed by atoms with Gasteiger partial charge in [0, 0.05) is 6.42 Å². The molecule has 1 amide bonds. The van der Waals surface area contributed by atoms with Crippen molar-refractivity contribution in [2.45, 2.75) is 51.9 Å². The van der Waals surface area contributed by atoms with E-state index in [1.807, 2.05) is 13.0 Å². The van der Waals surface area contributed by atoms with Gasteiger partial charge in [-0.25, -0.2) is 4.98 Å². The van der Waals surface area contributed by atoms with Gasteiger partial charge in [-0.15, -0.1) is 0 Å². The van der Waals surface area contributed by atoms with Gasteiger partial charge in [-0.3, -0.25) is 4.79 Å². The third-order valence-electron chi connectivity index (χ3n) is 3.87. The molecule has 1 heterocycles. The molecule has 0 aliphatic heterocycles. The predicted molar refractivity (Wildman–Crippen MR) is 77.8 cm³/mol. The van der Waals surface area contributed by atoms with Crippen molar-refractivity contribution in [1.29, 1.82) is 0 Å². The van der Waals surface area contributed by atoms with Crippen molar-refractivity contribution in [3.8, 4) is 0 Å². The SMILES string of the molecule is Cc1cc(NC(=O)CC2CCCCCC2)ncc1N. The zero-order chi connectivity index (χ0) is 13.7. The number of nitrogens with one attached hydrogen (secondary N) is 1. The lowest BCUT2D eigenvalue weighted by Gasteiger charge is -2.13. The van der Waals surface area contributed by atoms with Gasteiger partial charge in [0.25, 0.3) is 0 Å². The highest BCUT2D eigenvalue weighted by Gasteiger charge is 2.16. The number of carbonyl (C=O) groups excluding carboxylic acids is 1. The molecule has 3 N–H and O–H groups in total. The number of hydrogen-bond donors (Lipinski definition) is 2. The number of anilines is 2. The molecule has 1 aromatic rings. The Balaban J connectivity index is 1.87. The van der Waals surface area contributed by atoms with Crippen LogP contribution < -0.4 is 11.1 Å². The molecule has 0 spiro atoms. The fraction of sp³-hybridized carbons (Fsp3) is 0.600. The third-order valence-corrected chi connectivity index (χ3v) is 3.87. The van der Waals surface area contributed by atoms with E-state index in [9.17, 15) is 4.79 Å². The average molecular weight is 261 g/mol. The summed E-state index contributed by atoms with van der Waals surface area (Å²) in [6.07, 6.45) is 9.73. The number of carbonyl (C=O) groups is 1. The standard InChI is InChI=1S/C15H23N3O/c1-11-8-14(17-10-13(11)16)18-15(19)9-12-6-4-2-3-5-7-12/h8,10,12H,2-7,9,16H2,1H3,(H,17,18,19). The third kappa shape index (κ3) is 4.23. The second kappa shape index (κ2) is 6.55. The van der Waals surface area contributed by atoms with E-state index < -0.39 is 0 Å². The highest BCUT2D eigenvalue weighted by atomic mass is 16.1. The summed E-state index contributed by atoms with van der Waals surface area (Å²) in [5.74, 6) is 1.21.